The van der Waals surface area contributed by atoms with Crippen molar-refractivity contribution >= 4 is 28.8 Å². The summed E-state index contributed by atoms with van der Waals surface area (Å²) in [6, 6.07) is 106. The van der Waals surface area contributed by atoms with Gasteiger partial charge in [0.05, 0.1) is 16.5 Å². The van der Waals surface area contributed by atoms with Crippen molar-refractivity contribution < 1.29 is 4.74 Å². The lowest BCUT2D eigenvalue weighted by Gasteiger charge is -2.40. The molecule has 77 heavy (non-hydrogen) atoms. The number of hydrogen-bond acceptors (Lipinski definition) is 3. The Labute approximate surface area is 453 Å². The van der Waals surface area contributed by atoms with Gasteiger partial charge in [-0.1, -0.05) is 224 Å². The van der Waals surface area contributed by atoms with Gasteiger partial charge in [-0.2, -0.15) is 0 Å². The highest BCUT2D eigenvalue weighted by Crippen LogP contribution is 2.66. The van der Waals surface area contributed by atoms with Gasteiger partial charge in [0.15, 0.2) is 0 Å². The molecule has 2 heterocycles. The maximum absolute atomic E-state index is 6.79. The number of nitrogens with zero attached hydrogens (tertiary/aromatic N) is 1. The van der Waals surface area contributed by atoms with Crippen molar-refractivity contribution in [3.05, 3.63) is 330 Å². The molecule has 2 aliphatic heterocycles. The molecule has 360 valence electrons. The zero-order chi connectivity index (χ0) is 50.7. The zero-order valence-corrected chi connectivity index (χ0v) is 42.7. The van der Waals surface area contributed by atoms with E-state index in [9.17, 15) is 0 Å². The van der Waals surface area contributed by atoms with Gasteiger partial charge in [0.2, 0.25) is 0 Å². The fourth-order valence-electron chi connectivity index (χ4n) is 13.7. The standard InChI is InChI=1S/C74H47NOS/c1-3-20-48(21-4-1)51-44-52(49-22-5-2-6-23-49)46-53(45-51)50-38-40-54(41-39-50)75(55-42-43-57-56-24-7-9-26-59(56)74(66(57)47-55)63-30-13-17-36-70(63)77-71-37-18-14-31-64(71)74)67-33-19-32-65-72(67)58-25-8-10-27-60(58)73(65)61-28-11-15-34-68(61)76-69-35-16-12-29-62(69)73/h1-47H. The van der Waals surface area contributed by atoms with Crippen molar-refractivity contribution in [3.8, 4) is 67.1 Å². The quantitative estimate of drug-likeness (QED) is 0.165. The van der Waals surface area contributed by atoms with E-state index in [1.807, 2.05) is 11.8 Å². The topological polar surface area (TPSA) is 12.5 Å². The number of ether oxygens (including phenoxy) is 1. The molecule has 3 heteroatoms. The molecule has 0 atom stereocenters. The summed E-state index contributed by atoms with van der Waals surface area (Å²) in [4.78, 5) is 5.12. The Kier molecular flexibility index (Phi) is 9.73. The maximum Gasteiger partial charge on any atom is 0.132 e. The third kappa shape index (κ3) is 6.32. The monoisotopic (exact) mass is 997 g/mol. The summed E-state index contributed by atoms with van der Waals surface area (Å²) in [5, 5.41) is 0. The fourth-order valence-corrected chi connectivity index (χ4v) is 14.9. The highest BCUT2D eigenvalue weighted by Gasteiger charge is 2.53. The lowest BCUT2D eigenvalue weighted by atomic mass is 9.66. The molecule has 0 aromatic heterocycles. The molecule has 0 saturated heterocycles. The first-order valence-corrected chi connectivity index (χ1v) is 27.4. The Hall–Kier alpha value is -9.41. The molecule has 12 aromatic carbocycles. The summed E-state index contributed by atoms with van der Waals surface area (Å²) in [7, 11) is 0. The Morgan fingerprint density at radius 3 is 1.30 bits per heavy atom. The van der Waals surface area contributed by atoms with Crippen LogP contribution in [0, 0.1) is 0 Å². The molecular weight excluding hydrogens is 951 g/mol. The molecule has 16 rings (SSSR count). The van der Waals surface area contributed by atoms with Crippen LogP contribution in [0.15, 0.2) is 295 Å². The van der Waals surface area contributed by atoms with Crippen LogP contribution in [0.4, 0.5) is 17.1 Å². The van der Waals surface area contributed by atoms with Gasteiger partial charge in [-0.3, -0.25) is 0 Å². The molecule has 2 spiro atoms. The smallest absolute Gasteiger partial charge is 0.132 e. The van der Waals surface area contributed by atoms with Crippen molar-refractivity contribution in [2.45, 2.75) is 20.6 Å². The molecule has 0 saturated carbocycles. The molecule has 4 aliphatic rings. The molecule has 12 aromatic rings. The second-order valence-electron chi connectivity index (χ2n) is 20.6. The Balaban J connectivity index is 0.954. The highest BCUT2D eigenvalue weighted by molar-refractivity contribution is 7.99. The Morgan fingerprint density at radius 1 is 0.273 bits per heavy atom. The van der Waals surface area contributed by atoms with Crippen molar-refractivity contribution in [2.24, 2.45) is 0 Å². The summed E-state index contributed by atoms with van der Waals surface area (Å²) in [5.41, 5.74) is 24.2. The van der Waals surface area contributed by atoms with Crippen molar-refractivity contribution in [1.82, 2.24) is 0 Å². The van der Waals surface area contributed by atoms with Crippen molar-refractivity contribution in [3.63, 3.8) is 0 Å². The van der Waals surface area contributed by atoms with Crippen molar-refractivity contribution in [2.75, 3.05) is 4.90 Å². The van der Waals surface area contributed by atoms with Crippen LogP contribution in [0.2, 0.25) is 0 Å². The van der Waals surface area contributed by atoms with Crippen LogP contribution in [0.3, 0.4) is 0 Å². The maximum atomic E-state index is 6.79. The molecule has 2 aliphatic carbocycles. The average molecular weight is 998 g/mol. The minimum atomic E-state index is -0.625. The highest BCUT2D eigenvalue weighted by atomic mass is 32.2. The van der Waals surface area contributed by atoms with Crippen LogP contribution in [0.5, 0.6) is 11.5 Å². The van der Waals surface area contributed by atoms with E-state index in [2.05, 4.69) is 290 Å². The first kappa shape index (κ1) is 43.9. The van der Waals surface area contributed by atoms with E-state index >= 15 is 0 Å². The van der Waals surface area contributed by atoms with Crippen LogP contribution in [-0.2, 0) is 10.8 Å². The van der Waals surface area contributed by atoms with Crippen LogP contribution in [-0.4, -0.2) is 0 Å². The van der Waals surface area contributed by atoms with Crippen LogP contribution in [0.1, 0.15) is 44.5 Å². The van der Waals surface area contributed by atoms with Crippen LogP contribution < -0.4 is 9.64 Å². The van der Waals surface area contributed by atoms with E-state index in [-0.39, 0.29) is 0 Å². The van der Waals surface area contributed by atoms with E-state index in [0.717, 1.165) is 45.3 Å². The second-order valence-corrected chi connectivity index (χ2v) is 21.7. The average Bonchev–Trinajstić information content (AvgIpc) is 4.19. The van der Waals surface area contributed by atoms with Gasteiger partial charge >= 0.3 is 0 Å². The lowest BCUT2D eigenvalue weighted by Crippen LogP contribution is -2.32. The van der Waals surface area contributed by atoms with Gasteiger partial charge in [-0.05, 0) is 156 Å². The minimum absolute atomic E-state index is 0.541. The Bertz CT molecular complexity index is 4200. The predicted octanol–water partition coefficient (Wildman–Crippen LogP) is 19.5. The third-order valence-electron chi connectivity index (χ3n) is 16.8. The summed E-state index contributed by atoms with van der Waals surface area (Å²) in [6.45, 7) is 0. The minimum Gasteiger partial charge on any atom is -0.457 e. The first-order chi connectivity index (χ1) is 38.2. The number of fused-ring (bicyclic) bond motifs is 18. The number of para-hydroxylation sites is 2. The van der Waals surface area contributed by atoms with Gasteiger partial charge in [0.1, 0.15) is 11.5 Å². The fraction of sp³-hybridized carbons (Fsp3) is 0.0270. The summed E-state index contributed by atoms with van der Waals surface area (Å²) in [6.07, 6.45) is 0. The van der Waals surface area contributed by atoms with Gasteiger partial charge in [0.25, 0.3) is 0 Å². The molecule has 0 fully saturated rings. The van der Waals surface area contributed by atoms with E-state index in [4.69, 9.17) is 4.74 Å². The van der Waals surface area contributed by atoms with Crippen LogP contribution >= 0.6 is 11.8 Å². The molecule has 0 radical (unpaired) electrons. The summed E-state index contributed by atoms with van der Waals surface area (Å²) < 4.78 is 6.79. The summed E-state index contributed by atoms with van der Waals surface area (Å²) in [5.74, 6) is 1.77. The van der Waals surface area contributed by atoms with E-state index in [1.165, 1.54) is 93.2 Å². The van der Waals surface area contributed by atoms with Gasteiger partial charge in [-0.25, -0.2) is 0 Å². The van der Waals surface area contributed by atoms with E-state index in [1.54, 1.807) is 0 Å². The predicted molar refractivity (Wildman–Crippen MR) is 316 cm³/mol. The van der Waals surface area contributed by atoms with Gasteiger partial charge in [-0.15, -0.1) is 0 Å². The lowest BCUT2D eigenvalue weighted by molar-refractivity contribution is 0.436. The summed E-state index contributed by atoms with van der Waals surface area (Å²) >= 11 is 1.88. The number of hydrogen-bond donors (Lipinski definition) is 0. The molecule has 0 unspecified atom stereocenters. The molecule has 0 N–H and O–H groups in total. The van der Waals surface area contributed by atoms with E-state index in [0.29, 0.717) is 0 Å². The molecule has 0 amide bonds. The van der Waals surface area contributed by atoms with Gasteiger partial charge in [0, 0.05) is 37.9 Å². The molecule has 2 nitrogen and oxygen atoms in total. The Morgan fingerprint density at radius 2 is 0.701 bits per heavy atom. The largest absolute Gasteiger partial charge is 0.457 e. The normalized spacial score (nSPS) is 14.0. The van der Waals surface area contributed by atoms with Gasteiger partial charge < -0.3 is 9.64 Å². The van der Waals surface area contributed by atoms with Crippen LogP contribution in [0.25, 0.3) is 55.6 Å². The number of rotatable bonds is 6. The SMILES string of the molecule is c1ccc(-c2cc(-c3ccccc3)cc(-c3ccc(N(c4ccc5c(c4)C4(c6ccccc6Sc6ccccc64)c4ccccc4-5)c4cccc5c4-c4ccccc4C54c5ccccc5Oc5ccccc54)cc3)c2)cc1. The second kappa shape index (κ2) is 17.1. The van der Waals surface area contributed by atoms with E-state index < -0.39 is 10.8 Å². The zero-order valence-electron chi connectivity index (χ0n) is 41.9. The first-order valence-electron chi connectivity index (χ1n) is 26.6. The third-order valence-corrected chi connectivity index (χ3v) is 17.9. The number of benzene rings is 12. The number of anilines is 3. The molecular formula is C74H47NOS. The van der Waals surface area contributed by atoms with Crippen molar-refractivity contribution in [1.29, 1.82) is 0 Å². The molecule has 0 bridgehead atoms.